The van der Waals surface area contributed by atoms with Crippen LogP contribution in [-0.4, -0.2) is 32.5 Å². The molecule has 1 fully saturated rings. The molecule has 0 radical (unpaired) electrons. The molecule has 0 saturated carbocycles. The van der Waals surface area contributed by atoms with Gasteiger partial charge in [0, 0.05) is 18.8 Å². The second-order valence-corrected chi connectivity index (χ2v) is 12.3. The monoisotopic (exact) mass is 338 g/mol. The van der Waals surface area contributed by atoms with E-state index >= 15 is 0 Å². The Labute approximate surface area is 140 Å². The maximum absolute atomic E-state index is 9.94. The van der Waals surface area contributed by atoms with Crippen LogP contribution in [0, 0.1) is 5.92 Å². The van der Waals surface area contributed by atoms with Crippen molar-refractivity contribution in [1.29, 1.82) is 0 Å². The number of nitrogen functional groups attached to an aromatic ring is 1. The van der Waals surface area contributed by atoms with E-state index in [9.17, 15) is 4.79 Å². The lowest BCUT2D eigenvalue weighted by Crippen LogP contribution is -2.46. The highest BCUT2D eigenvalue weighted by Crippen LogP contribution is 2.37. The van der Waals surface area contributed by atoms with E-state index in [4.69, 9.17) is 15.3 Å². The van der Waals surface area contributed by atoms with E-state index < -0.39 is 14.3 Å². The van der Waals surface area contributed by atoms with Crippen LogP contribution in [-0.2, 0) is 15.8 Å². The van der Waals surface area contributed by atoms with Gasteiger partial charge in [0.1, 0.15) is 0 Å². The van der Waals surface area contributed by atoms with Gasteiger partial charge in [-0.15, -0.1) is 0 Å². The second-order valence-electron chi connectivity index (χ2n) is 7.49. The minimum Gasteiger partial charge on any atom is -0.481 e. The van der Waals surface area contributed by atoms with E-state index in [2.05, 4.69) is 45.2 Å². The molecule has 6 heteroatoms. The summed E-state index contributed by atoms with van der Waals surface area (Å²) in [7, 11) is -1.65. The number of nitrogens with one attached hydrogen (secondary N) is 1. The fourth-order valence-electron chi connectivity index (χ4n) is 1.63. The molecule has 2 rings (SSSR count). The normalized spacial score (nSPS) is 15.3. The van der Waals surface area contributed by atoms with E-state index in [-0.39, 0.29) is 11.0 Å². The molecule has 1 saturated heterocycles. The van der Waals surface area contributed by atoms with Gasteiger partial charge in [0.05, 0.1) is 12.5 Å². The summed E-state index contributed by atoms with van der Waals surface area (Å²) in [6.45, 7) is 13.2. The zero-order valence-corrected chi connectivity index (χ0v) is 15.8. The molecule has 1 aromatic rings. The van der Waals surface area contributed by atoms with Crippen molar-refractivity contribution >= 4 is 20.0 Å². The van der Waals surface area contributed by atoms with Gasteiger partial charge in [-0.3, -0.25) is 4.79 Å². The highest BCUT2D eigenvalue weighted by molar-refractivity contribution is 6.74. The molecule has 1 aromatic carbocycles. The number of hydrogen-bond donors (Lipinski definition) is 3. The van der Waals surface area contributed by atoms with Crippen LogP contribution in [0.4, 0.5) is 5.69 Å². The van der Waals surface area contributed by atoms with Crippen molar-refractivity contribution in [2.24, 2.45) is 5.92 Å². The number of nitrogens with two attached hydrogens (primary N) is 1. The van der Waals surface area contributed by atoms with Gasteiger partial charge in [0.15, 0.2) is 8.32 Å². The van der Waals surface area contributed by atoms with Crippen LogP contribution in [0.2, 0.25) is 18.1 Å². The Balaban J connectivity index is 0.000000313. The van der Waals surface area contributed by atoms with E-state index in [1.165, 1.54) is 0 Å². The van der Waals surface area contributed by atoms with Crippen LogP contribution >= 0.6 is 0 Å². The molecule has 1 heterocycles. The Morgan fingerprint density at radius 1 is 1.39 bits per heavy atom. The fourth-order valence-corrected chi connectivity index (χ4v) is 2.59. The van der Waals surface area contributed by atoms with E-state index in [1.54, 1.807) is 0 Å². The number of aliphatic carboxylic acids is 1. The molecule has 130 valence electrons. The molecule has 0 bridgehead atoms. The maximum atomic E-state index is 9.94. The summed E-state index contributed by atoms with van der Waals surface area (Å²) in [5, 5.41) is 11.3. The summed E-state index contributed by atoms with van der Waals surface area (Å²) in [5.41, 5.74) is 7.70. The molecule has 5 nitrogen and oxygen atoms in total. The Hall–Kier alpha value is -1.37. The van der Waals surface area contributed by atoms with E-state index in [0.717, 1.165) is 11.3 Å². The first-order valence-electron chi connectivity index (χ1n) is 7.95. The number of rotatable bonds is 4. The Morgan fingerprint density at radius 3 is 2.35 bits per heavy atom. The van der Waals surface area contributed by atoms with Crippen molar-refractivity contribution in [1.82, 2.24) is 5.32 Å². The average Bonchev–Trinajstić information content (AvgIpc) is 2.33. The van der Waals surface area contributed by atoms with Crippen LogP contribution in [0.25, 0.3) is 0 Å². The van der Waals surface area contributed by atoms with Gasteiger partial charge in [0.2, 0.25) is 0 Å². The summed E-state index contributed by atoms with van der Waals surface area (Å²) in [6, 6.07) is 7.91. The van der Waals surface area contributed by atoms with Crippen molar-refractivity contribution in [2.75, 3.05) is 18.8 Å². The summed E-state index contributed by atoms with van der Waals surface area (Å²) in [5.74, 6) is -0.793. The lowest BCUT2D eigenvalue weighted by molar-refractivity contribution is -0.143. The molecule has 0 unspecified atom stereocenters. The van der Waals surface area contributed by atoms with Crippen LogP contribution in [0.1, 0.15) is 26.3 Å². The van der Waals surface area contributed by atoms with Crippen molar-refractivity contribution in [3.8, 4) is 0 Å². The number of carboxylic acid groups (broad SMARTS) is 1. The molecule has 4 N–H and O–H groups in total. The van der Waals surface area contributed by atoms with Crippen molar-refractivity contribution in [3.05, 3.63) is 29.8 Å². The lowest BCUT2D eigenvalue weighted by Gasteiger charge is -2.36. The lowest BCUT2D eigenvalue weighted by atomic mass is 10.1. The summed E-state index contributed by atoms with van der Waals surface area (Å²) in [4.78, 5) is 9.94. The standard InChI is InChI=1S/C13H23NOSi.C4H7NO2/c1-13(2,3)16(4,5)15-10-11-7-6-8-12(14)9-11;6-4(7)3-1-5-2-3/h6-9H,10,14H2,1-5H3;3,5H,1-2H2,(H,6,7). The first-order chi connectivity index (χ1) is 10.5. The zero-order chi connectivity index (χ0) is 17.7. The summed E-state index contributed by atoms with van der Waals surface area (Å²) >= 11 is 0. The molecule has 0 atom stereocenters. The number of carbonyl (C=O) groups is 1. The van der Waals surface area contributed by atoms with E-state index in [1.807, 2.05) is 18.2 Å². The molecular formula is C17H30N2O3Si. The highest BCUT2D eigenvalue weighted by atomic mass is 28.4. The van der Waals surface area contributed by atoms with Gasteiger partial charge in [-0.2, -0.15) is 0 Å². The molecular weight excluding hydrogens is 308 g/mol. The molecule has 23 heavy (non-hydrogen) atoms. The number of anilines is 1. The minimum atomic E-state index is -1.65. The van der Waals surface area contributed by atoms with Gasteiger partial charge in [0.25, 0.3) is 0 Å². The molecule has 0 aliphatic carbocycles. The molecule has 1 aliphatic rings. The third-order valence-corrected chi connectivity index (χ3v) is 8.97. The minimum absolute atomic E-state index is 0.111. The molecule has 0 aromatic heterocycles. The second kappa shape index (κ2) is 7.94. The number of carboxylic acids is 1. The van der Waals surface area contributed by atoms with Crippen LogP contribution < -0.4 is 11.1 Å². The van der Waals surface area contributed by atoms with Gasteiger partial charge in [-0.05, 0) is 35.8 Å². The first-order valence-corrected chi connectivity index (χ1v) is 10.9. The van der Waals surface area contributed by atoms with Crippen molar-refractivity contribution in [2.45, 2.75) is 45.5 Å². The molecule has 0 spiro atoms. The number of benzene rings is 1. The van der Waals surface area contributed by atoms with Crippen LogP contribution in [0.5, 0.6) is 0 Å². The van der Waals surface area contributed by atoms with Gasteiger partial charge in [-0.25, -0.2) is 0 Å². The van der Waals surface area contributed by atoms with E-state index in [0.29, 0.717) is 19.7 Å². The van der Waals surface area contributed by atoms with Gasteiger partial charge in [-0.1, -0.05) is 32.9 Å². The smallest absolute Gasteiger partial charge is 0.309 e. The van der Waals surface area contributed by atoms with Gasteiger partial charge >= 0.3 is 5.97 Å². The zero-order valence-electron chi connectivity index (χ0n) is 14.8. The predicted octanol–water partition coefficient (Wildman–Crippen LogP) is 3.08. The summed E-state index contributed by atoms with van der Waals surface area (Å²) in [6.07, 6.45) is 0. The maximum Gasteiger partial charge on any atom is 0.309 e. The Bertz CT molecular complexity index is 523. The highest BCUT2D eigenvalue weighted by Gasteiger charge is 2.36. The summed E-state index contributed by atoms with van der Waals surface area (Å²) < 4.78 is 6.12. The third-order valence-electron chi connectivity index (χ3n) is 4.49. The first kappa shape index (κ1) is 19.7. The van der Waals surface area contributed by atoms with Crippen LogP contribution in [0.15, 0.2) is 24.3 Å². The fraction of sp³-hybridized carbons (Fsp3) is 0.588. The number of hydrogen-bond acceptors (Lipinski definition) is 4. The quantitative estimate of drug-likeness (QED) is 0.580. The van der Waals surface area contributed by atoms with Crippen molar-refractivity contribution < 1.29 is 14.3 Å². The van der Waals surface area contributed by atoms with Crippen LogP contribution in [0.3, 0.4) is 0 Å². The average molecular weight is 339 g/mol. The molecule has 0 amide bonds. The molecule has 1 aliphatic heterocycles. The van der Waals surface area contributed by atoms with Gasteiger partial charge < -0.3 is 20.6 Å². The Kier molecular flexibility index (Phi) is 6.79. The van der Waals surface area contributed by atoms with Crippen molar-refractivity contribution in [3.63, 3.8) is 0 Å². The SMILES string of the molecule is CC(C)(C)[Si](C)(C)OCc1cccc(N)c1.O=C(O)C1CNC1. The topological polar surface area (TPSA) is 84.6 Å². The predicted molar refractivity (Wildman–Crippen MR) is 96.8 cm³/mol. The largest absolute Gasteiger partial charge is 0.481 e. The third kappa shape index (κ3) is 6.33. The Morgan fingerprint density at radius 2 is 2.00 bits per heavy atom.